The minimum Gasteiger partial charge on any atom is -0.392 e. The lowest BCUT2D eigenvalue weighted by Gasteiger charge is -2.33. The number of amides is 2. The van der Waals surface area contributed by atoms with Crippen LogP contribution >= 0.6 is 11.6 Å². The number of halogens is 1. The Morgan fingerprint density at radius 2 is 2.04 bits per heavy atom. The number of hydrogen-bond acceptors (Lipinski definition) is 4. The van der Waals surface area contributed by atoms with Crippen molar-refractivity contribution in [3.05, 3.63) is 41.6 Å². The number of aromatic nitrogens is 2. The van der Waals surface area contributed by atoms with Gasteiger partial charge in [0.25, 0.3) is 0 Å². The third kappa shape index (κ3) is 5.22. The van der Waals surface area contributed by atoms with Crippen molar-refractivity contribution in [1.29, 1.82) is 0 Å². The predicted octanol–water partition coefficient (Wildman–Crippen LogP) is 3.59. The molecule has 1 fully saturated rings. The van der Waals surface area contributed by atoms with Crippen molar-refractivity contribution in [2.45, 2.75) is 38.3 Å². The summed E-state index contributed by atoms with van der Waals surface area (Å²) in [6.45, 7) is 4.53. The van der Waals surface area contributed by atoms with E-state index in [0.717, 1.165) is 32.4 Å². The van der Waals surface area contributed by atoms with Gasteiger partial charge in [-0.1, -0.05) is 30.7 Å². The average molecular weight is 392 g/mol. The molecule has 7 nitrogen and oxygen atoms in total. The number of nitrogens with zero attached hydrogens (tertiary/aromatic N) is 3. The second kappa shape index (κ2) is 9.21. The summed E-state index contributed by atoms with van der Waals surface area (Å²) < 4.78 is 1.87. The molecule has 2 amide bonds. The number of carbonyl (C=O) groups is 1. The molecule has 0 spiro atoms. The molecule has 1 aliphatic heterocycles. The van der Waals surface area contributed by atoms with Crippen molar-refractivity contribution in [1.82, 2.24) is 14.7 Å². The summed E-state index contributed by atoms with van der Waals surface area (Å²) in [5.41, 5.74) is 0.561. The van der Waals surface area contributed by atoms with E-state index in [4.69, 9.17) is 11.6 Å². The SMILES string of the molecule is CC[C@H](O)CN1CCC(n2nccc2NC(=O)Nc2ccccc2Cl)CC1. The molecular weight excluding hydrogens is 366 g/mol. The summed E-state index contributed by atoms with van der Waals surface area (Å²) in [5.74, 6) is 0.659. The topological polar surface area (TPSA) is 82.4 Å². The van der Waals surface area contributed by atoms with Crippen LogP contribution in [0.1, 0.15) is 32.2 Å². The lowest BCUT2D eigenvalue weighted by Crippen LogP contribution is -2.39. The maximum Gasteiger partial charge on any atom is 0.324 e. The van der Waals surface area contributed by atoms with Crippen LogP contribution in [-0.2, 0) is 0 Å². The van der Waals surface area contributed by atoms with E-state index in [-0.39, 0.29) is 18.2 Å². The first-order chi connectivity index (χ1) is 13.1. The summed E-state index contributed by atoms with van der Waals surface area (Å²) in [4.78, 5) is 14.6. The van der Waals surface area contributed by atoms with Crippen LogP contribution in [0.25, 0.3) is 0 Å². The molecule has 0 aliphatic carbocycles. The molecule has 1 aromatic heterocycles. The van der Waals surface area contributed by atoms with Crippen molar-refractivity contribution < 1.29 is 9.90 Å². The number of nitrogens with one attached hydrogen (secondary N) is 2. The highest BCUT2D eigenvalue weighted by molar-refractivity contribution is 6.33. The third-order valence-electron chi connectivity index (χ3n) is 4.88. The van der Waals surface area contributed by atoms with E-state index in [0.29, 0.717) is 23.1 Å². The molecule has 1 saturated heterocycles. The number of likely N-dealkylation sites (tertiary alicyclic amines) is 1. The van der Waals surface area contributed by atoms with Crippen LogP contribution in [-0.4, -0.2) is 51.6 Å². The van der Waals surface area contributed by atoms with Gasteiger partial charge in [0.1, 0.15) is 5.82 Å². The molecule has 3 rings (SSSR count). The van der Waals surface area contributed by atoms with E-state index in [1.807, 2.05) is 23.7 Å². The smallest absolute Gasteiger partial charge is 0.324 e. The first-order valence-corrected chi connectivity index (χ1v) is 9.71. The van der Waals surface area contributed by atoms with Crippen molar-refractivity contribution in [3.63, 3.8) is 0 Å². The fraction of sp³-hybridized carbons (Fsp3) is 0.474. The number of benzene rings is 1. The average Bonchev–Trinajstić information content (AvgIpc) is 3.12. The van der Waals surface area contributed by atoms with E-state index < -0.39 is 0 Å². The summed E-state index contributed by atoms with van der Waals surface area (Å²) in [7, 11) is 0. The minimum atomic E-state index is -0.353. The summed E-state index contributed by atoms with van der Waals surface area (Å²) in [6.07, 6.45) is 4.06. The molecule has 8 heteroatoms. The van der Waals surface area contributed by atoms with Crippen molar-refractivity contribution in [2.24, 2.45) is 0 Å². The Morgan fingerprint density at radius 1 is 1.30 bits per heavy atom. The molecular formula is C19H26ClN5O2. The Balaban J connectivity index is 1.57. The molecule has 2 aromatic rings. The molecule has 27 heavy (non-hydrogen) atoms. The van der Waals surface area contributed by atoms with Gasteiger partial charge in [-0.25, -0.2) is 9.48 Å². The van der Waals surface area contributed by atoms with E-state index in [1.165, 1.54) is 0 Å². The van der Waals surface area contributed by atoms with Gasteiger partial charge in [0.15, 0.2) is 0 Å². The number of β-amino-alcohol motifs (C(OH)–C–C–N with tert-alkyl or cyclic N) is 1. The quantitative estimate of drug-likeness (QED) is 0.702. The monoisotopic (exact) mass is 391 g/mol. The van der Waals surface area contributed by atoms with Gasteiger partial charge in [-0.15, -0.1) is 0 Å². The van der Waals surface area contributed by atoms with Crippen LogP contribution in [0, 0.1) is 0 Å². The van der Waals surface area contributed by atoms with Gasteiger partial charge in [0.2, 0.25) is 0 Å². The number of rotatable bonds is 6. The molecule has 0 unspecified atom stereocenters. The molecule has 3 N–H and O–H groups in total. The largest absolute Gasteiger partial charge is 0.392 e. The molecule has 2 heterocycles. The van der Waals surface area contributed by atoms with Crippen molar-refractivity contribution in [3.8, 4) is 0 Å². The number of para-hydroxylation sites is 1. The Morgan fingerprint density at radius 3 is 2.74 bits per heavy atom. The van der Waals surface area contributed by atoms with Crippen molar-refractivity contribution >= 4 is 29.1 Å². The Hall–Kier alpha value is -2.09. The minimum absolute atomic E-state index is 0.227. The van der Waals surface area contributed by atoms with Crippen molar-refractivity contribution in [2.75, 3.05) is 30.3 Å². The van der Waals surface area contributed by atoms with E-state index >= 15 is 0 Å². The normalized spacial score (nSPS) is 16.9. The molecule has 0 saturated carbocycles. The highest BCUT2D eigenvalue weighted by Crippen LogP contribution is 2.26. The van der Waals surface area contributed by atoms with Crippen LogP contribution in [0.15, 0.2) is 36.5 Å². The van der Waals surface area contributed by atoms with Gasteiger partial charge in [0, 0.05) is 25.7 Å². The van der Waals surface area contributed by atoms with E-state index in [1.54, 1.807) is 24.4 Å². The number of aliphatic hydroxyl groups excluding tert-OH is 1. The number of carbonyl (C=O) groups excluding carboxylic acids is 1. The second-order valence-corrected chi connectivity index (χ2v) is 7.22. The van der Waals surface area contributed by atoms with Crippen LogP contribution in [0.5, 0.6) is 0 Å². The maximum atomic E-state index is 12.3. The second-order valence-electron chi connectivity index (χ2n) is 6.81. The predicted molar refractivity (Wildman–Crippen MR) is 107 cm³/mol. The summed E-state index contributed by atoms with van der Waals surface area (Å²) >= 11 is 6.08. The summed E-state index contributed by atoms with van der Waals surface area (Å²) in [5, 5.41) is 20.3. The number of piperidine rings is 1. The molecule has 1 atom stereocenters. The van der Waals surface area contributed by atoms with Crippen LogP contribution in [0.2, 0.25) is 5.02 Å². The van der Waals surface area contributed by atoms with E-state index in [9.17, 15) is 9.90 Å². The third-order valence-corrected chi connectivity index (χ3v) is 5.21. The van der Waals surface area contributed by atoms with Gasteiger partial charge in [-0.05, 0) is 31.4 Å². The highest BCUT2D eigenvalue weighted by Gasteiger charge is 2.24. The Bertz CT molecular complexity index is 758. The van der Waals surface area contributed by atoms with Crippen LogP contribution < -0.4 is 10.6 Å². The first kappa shape index (κ1) is 19.7. The number of hydrogen-bond donors (Lipinski definition) is 3. The van der Waals surface area contributed by atoms with Gasteiger partial charge in [0.05, 0.1) is 29.1 Å². The standard InChI is InChI=1S/C19H26ClN5O2/c1-2-15(26)13-24-11-8-14(9-12-24)25-18(7-10-21-25)23-19(27)22-17-6-4-3-5-16(17)20/h3-7,10,14-15,26H,2,8-9,11-13H2,1H3,(H2,22,23,27)/t15-/m0/s1. The first-order valence-electron chi connectivity index (χ1n) is 9.33. The van der Waals surface area contributed by atoms with Crippen LogP contribution in [0.4, 0.5) is 16.3 Å². The van der Waals surface area contributed by atoms with Gasteiger partial charge in [-0.3, -0.25) is 5.32 Å². The summed E-state index contributed by atoms with van der Waals surface area (Å²) in [6, 6.07) is 8.77. The number of anilines is 2. The molecule has 1 aromatic carbocycles. The molecule has 146 valence electrons. The maximum absolute atomic E-state index is 12.3. The fourth-order valence-electron chi connectivity index (χ4n) is 3.31. The fourth-order valence-corrected chi connectivity index (χ4v) is 3.49. The number of urea groups is 1. The molecule has 0 bridgehead atoms. The lowest BCUT2D eigenvalue weighted by atomic mass is 10.0. The van der Waals surface area contributed by atoms with Gasteiger partial charge in [-0.2, -0.15) is 5.10 Å². The lowest BCUT2D eigenvalue weighted by molar-refractivity contribution is 0.0869. The highest BCUT2D eigenvalue weighted by atomic mass is 35.5. The van der Waals surface area contributed by atoms with Gasteiger partial charge < -0.3 is 15.3 Å². The Labute approximate surface area is 164 Å². The zero-order valence-electron chi connectivity index (χ0n) is 15.4. The van der Waals surface area contributed by atoms with Crippen LogP contribution in [0.3, 0.4) is 0 Å². The Kier molecular flexibility index (Phi) is 6.71. The zero-order valence-corrected chi connectivity index (χ0v) is 16.2. The number of aliphatic hydroxyl groups is 1. The molecule has 1 aliphatic rings. The van der Waals surface area contributed by atoms with Gasteiger partial charge >= 0.3 is 6.03 Å². The zero-order chi connectivity index (χ0) is 19.2. The van der Waals surface area contributed by atoms with E-state index in [2.05, 4.69) is 20.6 Å². The molecule has 0 radical (unpaired) electrons.